The van der Waals surface area contributed by atoms with E-state index in [0.29, 0.717) is 0 Å². The number of pyridine rings is 1. The molecule has 0 atom stereocenters. The fraction of sp³-hybridized carbons (Fsp3) is 0.526. The van der Waals surface area contributed by atoms with Crippen molar-refractivity contribution in [1.29, 1.82) is 0 Å². The molecule has 2 heterocycles. The maximum Gasteiger partial charge on any atom is 0.191 e. The zero-order chi connectivity index (χ0) is 18.1. The van der Waals surface area contributed by atoms with Crippen molar-refractivity contribution in [1.82, 2.24) is 25.4 Å². The van der Waals surface area contributed by atoms with Gasteiger partial charge in [-0.15, -0.1) is 24.0 Å². The van der Waals surface area contributed by atoms with Crippen LogP contribution < -0.4 is 10.6 Å². The largest absolute Gasteiger partial charge is 0.357 e. The predicted octanol–water partition coefficient (Wildman–Crippen LogP) is 3.01. The van der Waals surface area contributed by atoms with E-state index in [1.54, 1.807) is 0 Å². The third-order valence-corrected chi connectivity index (χ3v) is 3.92. The lowest BCUT2D eigenvalue weighted by Crippen LogP contribution is -2.38. The molecule has 0 amide bonds. The number of aromatic nitrogens is 3. The fourth-order valence-corrected chi connectivity index (χ4v) is 2.63. The molecular weight excluding hydrogens is 439 g/mol. The van der Waals surface area contributed by atoms with Gasteiger partial charge >= 0.3 is 0 Å². The van der Waals surface area contributed by atoms with Crippen molar-refractivity contribution in [2.45, 2.75) is 47.1 Å². The molecule has 0 saturated heterocycles. The van der Waals surface area contributed by atoms with Crippen molar-refractivity contribution >= 4 is 29.9 Å². The third kappa shape index (κ3) is 7.72. The van der Waals surface area contributed by atoms with Gasteiger partial charge in [0.1, 0.15) is 0 Å². The van der Waals surface area contributed by atoms with Crippen LogP contribution in [0.1, 0.15) is 36.0 Å². The Bertz CT molecular complexity index is 678. The molecule has 2 aromatic heterocycles. The lowest BCUT2D eigenvalue weighted by atomic mass is 10.2. The Kier molecular flexibility index (Phi) is 10.2. The van der Waals surface area contributed by atoms with Crippen molar-refractivity contribution in [3.63, 3.8) is 0 Å². The summed E-state index contributed by atoms with van der Waals surface area (Å²) in [5, 5.41) is 11.2. The van der Waals surface area contributed by atoms with Gasteiger partial charge in [-0.2, -0.15) is 5.10 Å². The van der Waals surface area contributed by atoms with E-state index in [4.69, 9.17) is 0 Å². The van der Waals surface area contributed by atoms with Crippen LogP contribution in [0.4, 0.5) is 0 Å². The summed E-state index contributed by atoms with van der Waals surface area (Å²) >= 11 is 0. The van der Waals surface area contributed by atoms with E-state index < -0.39 is 0 Å². The van der Waals surface area contributed by atoms with E-state index in [1.165, 1.54) is 11.3 Å². The maximum atomic E-state index is 4.65. The fourth-order valence-electron chi connectivity index (χ4n) is 2.63. The lowest BCUT2D eigenvalue weighted by molar-refractivity contribution is 0.567. The Labute approximate surface area is 173 Å². The predicted molar refractivity (Wildman–Crippen MR) is 118 cm³/mol. The number of rotatable bonds is 8. The number of hydrogen-bond acceptors (Lipinski definition) is 3. The summed E-state index contributed by atoms with van der Waals surface area (Å²) in [5.41, 5.74) is 4.56. The summed E-state index contributed by atoms with van der Waals surface area (Å²) < 4.78 is 2.05. The first-order valence-corrected chi connectivity index (χ1v) is 9.03. The minimum Gasteiger partial charge on any atom is -0.357 e. The van der Waals surface area contributed by atoms with Crippen LogP contribution in [-0.4, -0.2) is 40.4 Å². The number of aryl methyl sites for hydroxylation is 4. The van der Waals surface area contributed by atoms with E-state index >= 15 is 0 Å². The Balaban J connectivity index is 0.00000338. The first-order chi connectivity index (χ1) is 12.1. The molecule has 7 heteroatoms. The Hall–Kier alpha value is -1.64. The van der Waals surface area contributed by atoms with E-state index in [-0.39, 0.29) is 24.0 Å². The second-order valence-corrected chi connectivity index (χ2v) is 6.25. The first-order valence-electron chi connectivity index (χ1n) is 9.03. The van der Waals surface area contributed by atoms with Gasteiger partial charge in [0.15, 0.2) is 5.96 Å². The van der Waals surface area contributed by atoms with Crippen LogP contribution in [0, 0.1) is 20.8 Å². The molecule has 0 aliphatic rings. The highest BCUT2D eigenvalue weighted by atomic mass is 127. The molecule has 2 N–H and O–H groups in total. The molecule has 0 saturated carbocycles. The summed E-state index contributed by atoms with van der Waals surface area (Å²) in [6.45, 7) is 11.6. The smallest absolute Gasteiger partial charge is 0.191 e. The molecule has 0 radical (unpaired) electrons. The van der Waals surface area contributed by atoms with Crippen LogP contribution in [0.5, 0.6) is 0 Å². The van der Waals surface area contributed by atoms with Gasteiger partial charge < -0.3 is 10.6 Å². The van der Waals surface area contributed by atoms with Crippen molar-refractivity contribution in [3.8, 4) is 0 Å². The normalized spacial score (nSPS) is 11.2. The van der Waals surface area contributed by atoms with Crippen LogP contribution in [-0.2, 0) is 13.0 Å². The molecule has 0 aliphatic heterocycles. The SMILES string of the molecule is CCNC(=NCCCn1nc(C)cc1C)NCCc1ccc(C)nc1.I. The van der Waals surface area contributed by atoms with Gasteiger partial charge in [0.05, 0.1) is 5.69 Å². The summed E-state index contributed by atoms with van der Waals surface area (Å²) in [5.74, 6) is 0.871. The molecule has 0 aliphatic carbocycles. The summed E-state index contributed by atoms with van der Waals surface area (Å²) in [4.78, 5) is 8.98. The second-order valence-electron chi connectivity index (χ2n) is 6.25. The van der Waals surface area contributed by atoms with Gasteiger partial charge in [-0.25, -0.2) is 0 Å². The van der Waals surface area contributed by atoms with Crippen molar-refractivity contribution in [2.75, 3.05) is 19.6 Å². The highest BCUT2D eigenvalue weighted by Gasteiger charge is 2.01. The van der Waals surface area contributed by atoms with Gasteiger partial charge in [0.2, 0.25) is 0 Å². The summed E-state index contributed by atoms with van der Waals surface area (Å²) in [6, 6.07) is 6.28. The molecule has 0 fully saturated rings. The highest BCUT2D eigenvalue weighted by Crippen LogP contribution is 2.02. The quantitative estimate of drug-likeness (QED) is 0.270. The average molecular weight is 470 g/mol. The zero-order valence-corrected chi connectivity index (χ0v) is 18.6. The molecule has 144 valence electrons. The molecule has 0 spiro atoms. The van der Waals surface area contributed by atoms with Gasteiger partial charge in [0.25, 0.3) is 0 Å². The van der Waals surface area contributed by atoms with Crippen molar-refractivity contribution in [2.24, 2.45) is 4.99 Å². The lowest BCUT2D eigenvalue weighted by Gasteiger charge is -2.11. The highest BCUT2D eigenvalue weighted by molar-refractivity contribution is 14.0. The van der Waals surface area contributed by atoms with Crippen LogP contribution in [0.3, 0.4) is 0 Å². The zero-order valence-electron chi connectivity index (χ0n) is 16.2. The van der Waals surface area contributed by atoms with Crippen molar-refractivity contribution < 1.29 is 0 Å². The van der Waals surface area contributed by atoms with E-state index in [2.05, 4.69) is 56.4 Å². The number of nitrogens with zero attached hydrogens (tertiary/aromatic N) is 4. The van der Waals surface area contributed by atoms with Gasteiger partial charge in [-0.05, 0) is 58.2 Å². The standard InChI is InChI=1S/C19H30N6.HI/c1-5-20-19(22-11-9-18-8-7-15(2)23-14-18)21-10-6-12-25-17(4)13-16(3)24-25;/h7-8,13-14H,5-6,9-12H2,1-4H3,(H2,20,21,22);1H. The molecule has 2 aromatic rings. The number of aliphatic imine (C=N–C) groups is 1. The topological polar surface area (TPSA) is 67.1 Å². The first kappa shape index (κ1) is 22.4. The Morgan fingerprint density at radius 2 is 1.96 bits per heavy atom. The summed E-state index contributed by atoms with van der Waals surface area (Å²) in [6.07, 6.45) is 3.85. The van der Waals surface area contributed by atoms with Crippen LogP contribution >= 0.6 is 24.0 Å². The van der Waals surface area contributed by atoms with Crippen LogP contribution in [0.25, 0.3) is 0 Å². The molecule has 0 bridgehead atoms. The second kappa shape index (κ2) is 11.9. The van der Waals surface area contributed by atoms with Crippen molar-refractivity contribution in [3.05, 3.63) is 47.0 Å². The molecule has 0 aromatic carbocycles. The van der Waals surface area contributed by atoms with E-state index in [1.807, 2.05) is 26.1 Å². The number of halogens is 1. The van der Waals surface area contributed by atoms with Crippen LogP contribution in [0.2, 0.25) is 0 Å². The molecule has 2 rings (SSSR count). The molecule has 0 unspecified atom stereocenters. The third-order valence-electron chi connectivity index (χ3n) is 3.92. The maximum absolute atomic E-state index is 4.65. The van der Waals surface area contributed by atoms with Crippen LogP contribution in [0.15, 0.2) is 29.4 Å². The molecular formula is C19H31IN6. The van der Waals surface area contributed by atoms with E-state index in [0.717, 1.165) is 56.4 Å². The minimum atomic E-state index is 0. The minimum absolute atomic E-state index is 0. The van der Waals surface area contributed by atoms with Gasteiger partial charge in [-0.3, -0.25) is 14.7 Å². The van der Waals surface area contributed by atoms with E-state index in [9.17, 15) is 0 Å². The van der Waals surface area contributed by atoms with Gasteiger partial charge in [0, 0.05) is 43.8 Å². The number of nitrogens with one attached hydrogen (secondary N) is 2. The summed E-state index contributed by atoms with van der Waals surface area (Å²) in [7, 11) is 0. The monoisotopic (exact) mass is 470 g/mol. The molecule has 6 nitrogen and oxygen atoms in total. The Morgan fingerprint density at radius 3 is 2.58 bits per heavy atom. The Morgan fingerprint density at radius 1 is 1.15 bits per heavy atom. The molecule has 26 heavy (non-hydrogen) atoms. The van der Waals surface area contributed by atoms with Gasteiger partial charge in [-0.1, -0.05) is 6.07 Å². The number of hydrogen-bond donors (Lipinski definition) is 2. The average Bonchev–Trinajstić information content (AvgIpc) is 2.91. The number of guanidine groups is 1.